The molecule has 1 aliphatic rings. The third-order valence-corrected chi connectivity index (χ3v) is 8.07. The summed E-state index contributed by atoms with van der Waals surface area (Å²) in [7, 11) is 0.704. The summed E-state index contributed by atoms with van der Waals surface area (Å²) >= 11 is 0. The number of halogens is 1. The van der Waals surface area contributed by atoms with E-state index in [9.17, 15) is 22.4 Å². The maximum absolute atomic E-state index is 13.6. The summed E-state index contributed by atoms with van der Waals surface area (Å²) in [5.41, 5.74) is 2.23. The van der Waals surface area contributed by atoms with Gasteiger partial charge in [-0.1, -0.05) is 6.42 Å². The zero-order chi connectivity index (χ0) is 26.2. The van der Waals surface area contributed by atoms with Crippen molar-refractivity contribution >= 4 is 38.6 Å². The molecular formula is C26H29FN2O6S. The molecule has 1 aromatic heterocycles. The van der Waals surface area contributed by atoms with Crippen LogP contribution < -0.4 is 9.62 Å². The summed E-state index contributed by atoms with van der Waals surface area (Å²) in [6.07, 6.45) is 3.84. The van der Waals surface area contributed by atoms with Crippen LogP contribution in [0.5, 0.6) is 0 Å². The van der Waals surface area contributed by atoms with E-state index < -0.39 is 15.8 Å². The van der Waals surface area contributed by atoms with E-state index >= 15 is 0 Å². The van der Waals surface area contributed by atoms with Gasteiger partial charge in [0.2, 0.25) is 10.0 Å². The number of anilines is 1. The molecule has 0 aliphatic heterocycles. The first kappa shape index (κ1) is 25.7. The molecule has 2 unspecified atom stereocenters. The summed E-state index contributed by atoms with van der Waals surface area (Å²) in [5, 5.41) is 3.14. The van der Waals surface area contributed by atoms with E-state index in [0.29, 0.717) is 40.6 Å². The summed E-state index contributed by atoms with van der Waals surface area (Å²) in [6.45, 7) is 0. The molecule has 2 atom stereocenters. The predicted octanol–water partition coefficient (Wildman–Crippen LogP) is 4.44. The lowest BCUT2D eigenvalue weighted by Crippen LogP contribution is -2.28. The molecule has 1 saturated carbocycles. The number of carbonyl (C=O) groups excluding carboxylic acids is 2. The van der Waals surface area contributed by atoms with Gasteiger partial charge in [-0.15, -0.1) is 0 Å². The Bertz CT molecular complexity index is 1410. The maximum atomic E-state index is 13.6. The Morgan fingerprint density at radius 2 is 1.86 bits per heavy atom. The van der Waals surface area contributed by atoms with E-state index in [1.165, 1.54) is 49.8 Å². The lowest BCUT2D eigenvalue weighted by atomic mass is 9.77. The maximum Gasteiger partial charge on any atom is 0.308 e. The van der Waals surface area contributed by atoms with E-state index in [1.54, 1.807) is 12.1 Å². The minimum atomic E-state index is -3.62. The molecule has 0 spiro atoms. The van der Waals surface area contributed by atoms with Gasteiger partial charge in [-0.05, 0) is 61.1 Å². The summed E-state index contributed by atoms with van der Waals surface area (Å²) in [5.74, 6) is -1.27. The third kappa shape index (κ3) is 4.82. The van der Waals surface area contributed by atoms with Gasteiger partial charge in [0.05, 0.1) is 30.5 Å². The van der Waals surface area contributed by atoms with Crippen molar-refractivity contribution in [2.24, 2.45) is 5.92 Å². The van der Waals surface area contributed by atoms with Crippen molar-refractivity contribution in [3.8, 4) is 11.3 Å². The zero-order valence-corrected chi connectivity index (χ0v) is 21.4. The van der Waals surface area contributed by atoms with Gasteiger partial charge >= 0.3 is 5.97 Å². The normalized spacial score (nSPS) is 18.1. The molecule has 36 heavy (non-hydrogen) atoms. The van der Waals surface area contributed by atoms with Crippen molar-refractivity contribution in [2.45, 2.75) is 31.6 Å². The van der Waals surface area contributed by atoms with Gasteiger partial charge in [0.15, 0.2) is 0 Å². The number of benzene rings is 2. The Balaban J connectivity index is 1.96. The van der Waals surface area contributed by atoms with Crippen molar-refractivity contribution in [3.63, 3.8) is 0 Å². The number of esters is 1. The van der Waals surface area contributed by atoms with Gasteiger partial charge in [-0.3, -0.25) is 13.9 Å². The number of furan rings is 1. The number of ether oxygens (including phenoxy) is 1. The number of carbonyl (C=O) groups is 2. The number of rotatable bonds is 6. The van der Waals surface area contributed by atoms with Crippen molar-refractivity contribution in [1.82, 2.24) is 5.32 Å². The number of sulfonamides is 1. The fourth-order valence-electron chi connectivity index (χ4n) is 4.94. The monoisotopic (exact) mass is 516 g/mol. The van der Waals surface area contributed by atoms with Crippen LogP contribution in [0.3, 0.4) is 0 Å². The van der Waals surface area contributed by atoms with Gasteiger partial charge in [0.1, 0.15) is 17.2 Å². The zero-order valence-electron chi connectivity index (χ0n) is 20.6. The van der Waals surface area contributed by atoms with Gasteiger partial charge < -0.3 is 14.5 Å². The predicted molar refractivity (Wildman–Crippen MR) is 135 cm³/mol. The van der Waals surface area contributed by atoms with Crippen LogP contribution >= 0.6 is 0 Å². The first-order chi connectivity index (χ1) is 17.0. The number of fused-ring (bicyclic) bond motifs is 1. The Morgan fingerprint density at radius 1 is 1.17 bits per heavy atom. The largest absolute Gasteiger partial charge is 0.469 e. The van der Waals surface area contributed by atoms with Crippen LogP contribution in [-0.2, 0) is 19.6 Å². The average Bonchev–Trinajstić information content (AvgIpc) is 3.24. The van der Waals surface area contributed by atoms with E-state index in [-0.39, 0.29) is 35.0 Å². The number of amides is 1. The molecular weight excluding hydrogens is 487 g/mol. The molecule has 192 valence electrons. The molecule has 0 bridgehead atoms. The van der Waals surface area contributed by atoms with Crippen molar-refractivity contribution in [2.75, 3.05) is 31.8 Å². The van der Waals surface area contributed by atoms with E-state index in [1.807, 2.05) is 0 Å². The molecule has 1 fully saturated rings. The van der Waals surface area contributed by atoms with Crippen molar-refractivity contribution in [3.05, 3.63) is 53.3 Å². The summed E-state index contributed by atoms with van der Waals surface area (Å²) in [4.78, 5) is 25.3. The Hall–Kier alpha value is -3.40. The van der Waals surface area contributed by atoms with Crippen molar-refractivity contribution < 1.29 is 31.6 Å². The second-order valence-electron chi connectivity index (χ2n) is 9.11. The van der Waals surface area contributed by atoms with E-state index in [4.69, 9.17) is 9.15 Å². The quantitative estimate of drug-likeness (QED) is 0.486. The van der Waals surface area contributed by atoms with Gasteiger partial charge in [-0.2, -0.15) is 0 Å². The molecule has 1 N–H and O–H groups in total. The highest BCUT2D eigenvalue weighted by Gasteiger charge is 2.33. The molecule has 0 radical (unpaired) electrons. The second kappa shape index (κ2) is 9.93. The smallest absolute Gasteiger partial charge is 0.308 e. The minimum Gasteiger partial charge on any atom is -0.469 e. The molecule has 8 nitrogen and oxygen atoms in total. The number of nitrogens with one attached hydrogen (secondary N) is 1. The highest BCUT2D eigenvalue weighted by molar-refractivity contribution is 7.92. The van der Waals surface area contributed by atoms with Gasteiger partial charge in [0, 0.05) is 31.1 Å². The van der Waals surface area contributed by atoms with E-state index in [2.05, 4.69) is 5.32 Å². The Kier molecular flexibility index (Phi) is 7.08. The molecule has 3 aromatic rings. The molecule has 1 amide bonds. The van der Waals surface area contributed by atoms with Crippen LogP contribution in [0.25, 0.3) is 22.3 Å². The van der Waals surface area contributed by atoms with Crippen LogP contribution in [0.2, 0.25) is 0 Å². The second-order valence-corrected chi connectivity index (χ2v) is 11.1. The van der Waals surface area contributed by atoms with E-state index in [0.717, 1.165) is 19.1 Å². The highest BCUT2D eigenvalue weighted by Crippen LogP contribution is 2.44. The Labute approximate surface area is 209 Å². The third-order valence-electron chi connectivity index (χ3n) is 6.88. The number of methoxy groups -OCH3 is 1. The summed E-state index contributed by atoms with van der Waals surface area (Å²) < 4.78 is 50.8. The van der Waals surface area contributed by atoms with Crippen LogP contribution in [-0.4, -0.2) is 47.8 Å². The summed E-state index contributed by atoms with van der Waals surface area (Å²) in [6, 6.07) is 9.00. The van der Waals surface area contributed by atoms with Crippen LogP contribution in [0.15, 0.2) is 40.8 Å². The van der Waals surface area contributed by atoms with Gasteiger partial charge in [0.25, 0.3) is 5.91 Å². The molecule has 0 saturated heterocycles. The lowest BCUT2D eigenvalue weighted by molar-refractivity contribution is -0.146. The first-order valence-electron chi connectivity index (χ1n) is 11.6. The molecule has 1 aliphatic carbocycles. The Morgan fingerprint density at radius 3 is 2.47 bits per heavy atom. The number of hydrogen-bond acceptors (Lipinski definition) is 6. The van der Waals surface area contributed by atoms with Crippen molar-refractivity contribution in [1.29, 1.82) is 0 Å². The fraction of sp³-hybridized carbons (Fsp3) is 0.385. The molecule has 2 aromatic carbocycles. The first-order valence-corrected chi connectivity index (χ1v) is 13.5. The van der Waals surface area contributed by atoms with Crippen LogP contribution in [0.4, 0.5) is 10.1 Å². The average molecular weight is 517 g/mol. The molecule has 1 heterocycles. The van der Waals surface area contributed by atoms with Crippen LogP contribution in [0, 0.1) is 11.7 Å². The number of nitrogens with zero attached hydrogens (tertiary/aromatic N) is 1. The topological polar surface area (TPSA) is 106 Å². The molecule has 10 heteroatoms. The number of hydrogen-bond donors (Lipinski definition) is 1. The lowest BCUT2D eigenvalue weighted by Gasteiger charge is -2.31. The standard InChI is InChI=1S/C26H29FN2O6S/c1-28-25(30)23-20-13-19(16-6-5-7-17(12-16)26(31)34-3)21(29(2)36(4,32)33)14-22(20)35-24(23)15-8-10-18(27)11-9-15/h8-11,13-14,16-17H,5-7,12H2,1-4H3,(H,28,30). The van der Waals surface area contributed by atoms with Crippen LogP contribution in [0.1, 0.15) is 47.5 Å². The SMILES string of the molecule is CNC(=O)c1c(-c2ccc(F)cc2)oc2cc(N(C)S(C)(=O)=O)c(C3CCCC(C(=O)OC)C3)cc12. The molecule has 4 rings (SSSR count). The minimum absolute atomic E-state index is 0.131. The highest BCUT2D eigenvalue weighted by atomic mass is 32.2. The fourth-order valence-corrected chi connectivity index (χ4v) is 5.45. The van der Waals surface area contributed by atoms with Gasteiger partial charge in [-0.25, -0.2) is 12.8 Å².